The van der Waals surface area contributed by atoms with E-state index in [0.29, 0.717) is 6.04 Å². The van der Waals surface area contributed by atoms with Gasteiger partial charge in [-0.2, -0.15) is 0 Å². The molecule has 1 aromatic rings. The second-order valence-corrected chi connectivity index (χ2v) is 5.21. The number of nitrogens with zero attached hydrogens (tertiary/aromatic N) is 2. The summed E-state index contributed by atoms with van der Waals surface area (Å²) in [6.45, 7) is 4.54. The van der Waals surface area contributed by atoms with Gasteiger partial charge in [0.25, 0.3) is 0 Å². The van der Waals surface area contributed by atoms with Crippen molar-refractivity contribution in [1.29, 1.82) is 0 Å². The number of nitrogens with two attached hydrogens (primary N) is 1. The molecule has 3 heteroatoms. The van der Waals surface area contributed by atoms with E-state index in [4.69, 9.17) is 5.73 Å². The van der Waals surface area contributed by atoms with Gasteiger partial charge in [-0.25, -0.2) is 0 Å². The van der Waals surface area contributed by atoms with Crippen LogP contribution in [0.2, 0.25) is 0 Å². The van der Waals surface area contributed by atoms with Crippen LogP contribution in [0.15, 0.2) is 24.3 Å². The lowest BCUT2D eigenvalue weighted by molar-refractivity contribution is 0.752. The molecule has 2 aliphatic heterocycles. The third-order valence-electron chi connectivity index (χ3n) is 3.91. The van der Waals surface area contributed by atoms with Crippen LogP contribution in [-0.2, 0) is 0 Å². The smallest absolute Gasteiger partial charge is 0.0368 e. The van der Waals surface area contributed by atoms with E-state index in [1.54, 1.807) is 0 Å². The number of benzene rings is 1. The molecule has 2 N–H and O–H groups in total. The molecule has 0 saturated carbocycles. The summed E-state index contributed by atoms with van der Waals surface area (Å²) >= 11 is 0. The molecule has 0 aromatic heterocycles. The van der Waals surface area contributed by atoms with Crippen LogP contribution in [0.4, 0.5) is 11.4 Å². The Balaban J connectivity index is 1.71. The Morgan fingerprint density at radius 2 is 1.47 bits per heavy atom. The highest BCUT2D eigenvalue weighted by atomic mass is 15.2. The van der Waals surface area contributed by atoms with Crippen LogP contribution in [0.1, 0.15) is 19.3 Å². The van der Waals surface area contributed by atoms with Crippen LogP contribution in [0.25, 0.3) is 0 Å². The molecule has 92 valence electrons. The van der Waals surface area contributed by atoms with Gasteiger partial charge in [-0.1, -0.05) is 0 Å². The molecule has 17 heavy (non-hydrogen) atoms. The van der Waals surface area contributed by atoms with Crippen molar-refractivity contribution in [3.05, 3.63) is 24.3 Å². The molecular formula is C14H21N3. The molecule has 2 saturated heterocycles. The van der Waals surface area contributed by atoms with Gasteiger partial charge in [-0.05, 0) is 43.5 Å². The Bertz CT molecular complexity index is 368. The minimum absolute atomic E-state index is 0.355. The highest BCUT2D eigenvalue weighted by Gasteiger charge is 2.19. The van der Waals surface area contributed by atoms with Gasteiger partial charge in [-0.15, -0.1) is 0 Å². The molecule has 0 aliphatic carbocycles. The van der Waals surface area contributed by atoms with E-state index < -0.39 is 0 Å². The van der Waals surface area contributed by atoms with Gasteiger partial charge in [-0.3, -0.25) is 0 Å². The first-order chi connectivity index (χ1) is 8.33. The maximum atomic E-state index is 5.94. The number of rotatable bonds is 2. The Kier molecular flexibility index (Phi) is 2.93. The number of anilines is 2. The van der Waals surface area contributed by atoms with Crippen LogP contribution >= 0.6 is 0 Å². The van der Waals surface area contributed by atoms with E-state index in [9.17, 15) is 0 Å². The van der Waals surface area contributed by atoms with Gasteiger partial charge in [0.15, 0.2) is 0 Å². The first-order valence-electron chi connectivity index (χ1n) is 6.68. The monoisotopic (exact) mass is 231 g/mol. The first kappa shape index (κ1) is 10.9. The van der Waals surface area contributed by atoms with Crippen molar-refractivity contribution in [2.75, 3.05) is 36.0 Å². The molecule has 0 spiro atoms. The van der Waals surface area contributed by atoms with Gasteiger partial charge >= 0.3 is 0 Å². The molecule has 3 nitrogen and oxygen atoms in total. The van der Waals surface area contributed by atoms with Crippen LogP contribution in [0, 0.1) is 0 Å². The minimum Gasteiger partial charge on any atom is -0.372 e. The van der Waals surface area contributed by atoms with Crippen molar-refractivity contribution in [2.45, 2.75) is 25.3 Å². The predicted molar refractivity (Wildman–Crippen MR) is 72.7 cm³/mol. The molecule has 1 atom stereocenters. The average Bonchev–Trinajstić information content (AvgIpc) is 3.00. The summed E-state index contributed by atoms with van der Waals surface area (Å²) in [6.07, 6.45) is 3.79. The van der Waals surface area contributed by atoms with Crippen molar-refractivity contribution >= 4 is 11.4 Å². The summed E-state index contributed by atoms with van der Waals surface area (Å²) in [5, 5.41) is 0. The SMILES string of the molecule is NC1CCN(c2ccc(N3CCCC3)cc2)C1. The summed E-state index contributed by atoms with van der Waals surface area (Å²) < 4.78 is 0. The molecular weight excluding hydrogens is 210 g/mol. The normalized spacial score (nSPS) is 24.6. The van der Waals surface area contributed by atoms with Crippen molar-refractivity contribution in [3.63, 3.8) is 0 Å². The molecule has 2 fully saturated rings. The lowest BCUT2D eigenvalue weighted by Crippen LogP contribution is -2.26. The topological polar surface area (TPSA) is 32.5 Å². The lowest BCUT2D eigenvalue weighted by atomic mass is 10.2. The number of hydrogen-bond donors (Lipinski definition) is 1. The standard InChI is InChI=1S/C14H21N3/c15-12-7-10-17(11-12)14-5-3-13(4-6-14)16-8-1-2-9-16/h3-6,12H,1-2,7-11,15H2. The van der Waals surface area contributed by atoms with E-state index in [0.717, 1.165) is 19.5 Å². The second kappa shape index (κ2) is 4.57. The van der Waals surface area contributed by atoms with E-state index >= 15 is 0 Å². The zero-order chi connectivity index (χ0) is 11.7. The molecule has 0 amide bonds. The van der Waals surface area contributed by atoms with E-state index in [1.807, 2.05) is 0 Å². The van der Waals surface area contributed by atoms with Gasteiger partial charge in [0, 0.05) is 43.6 Å². The fourth-order valence-corrected chi connectivity index (χ4v) is 2.87. The lowest BCUT2D eigenvalue weighted by Gasteiger charge is -2.21. The second-order valence-electron chi connectivity index (χ2n) is 5.21. The first-order valence-corrected chi connectivity index (χ1v) is 6.68. The third kappa shape index (κ3) is 2.25. The highest BCUT2D eigenvalue weighted by Crippen LogP contribution is 2.25. The summed E-state index contributed by atoms with van der Waals surface area (Å²) in [4.78, 5) is 4.86. The summed E-state index contributed by atoms with van der Waals surface area (Å²) in [7, 11) is 0. The molecule has 1 aromatic carbocycles. The molecule has 2 aliphatic rings. The van der Waals surface area contributed by atoms with Crippen molar-refractivity contribution in [3.8, 4) is 0 Å². The van der Waals surface area contributed by atoms with Gasteiger partial charge in [0.05, 0.1) is 0 Å². The largest absolute Gasteiger partial charge is 0.372 e. The average molecular weight is 231 g/mol. The Morgan fingerprint density at radius 1 is 0.882 bits per heavy atom. The maximum absolute atomic E-state index is 5.94. The van der Waals surface area contributed by atoms with Gasteiger partial charge in [0.2, 0.25) is 0 Å². The quantitative estimate of drug-likeness (QED) is 0.842. The molecule has 0 bridgehead atoms. The van der Waals surface area contributed by atoms with Crippen LogP contribution in [-0.4, -0.2) is 32.2 Å². The van der Waals surface area contributed by atoms with Crippen molar-refractivity contribution in [2.24, 2.45) is 5.73 Å². The third-order valence-corrected chi connectivity index (χ3v) is 3.91. The minimum atomic E-state index is 0.355. The number of hydrogen-bond acceptors (Lipinski definition) is 3. The van der Waals surface area contributed by atoms with E-state index in [-0.39, 0.29) is 0 Å². The molecule has 1 unspecified atom stereocenters. The van der Waals surface area contributed by atoms with Crippen molar-refractivity contribution in [1.82, 2.24) is 0 Å². The van der Waals surface area contributed by atoms with Crippen LogP contribution in [0.5, 0.6) is 0 Å². The maximum Gasteiger partial charge on any atom is 0.0368 e. The van der Waals surface area contributed by atoms with E-state index in [2.05, 4.69) is 34.1 Å². The van der Waals surface area contributed by atoms with Crippen LogP contribution in [0.3, 0.4) is 0 Å². The molecule has 0 radical (unpaired) electrons. The Morgan fingerprint density at radius 3 is 2.00 bits per heavy atom. The zero-order valence-corrected chi connectivity index (χ0v) is 10.3. The summed E-state index contributed by atoms with van der Waals surface area (Å²) in [6, 6.07) is 9.35. The predicted octanol–water partition coefficient (Wildman–Crippen LogP) is 1.82. The Labute approximate surface area is 103 Å². The zero-order valence-electron chi connectivity index (χ0n) is 10.3. The summed E-state index contributed by atoms with van der Waals surface area (Å²) in [5.41, 5.74) is 8.63. The molecule has 2 heterocycles. The van der Waals surface area contributed by atoms with Crippen molar-refractivity contribution < 1.29 is 0 Å². The van der Waals surface area contributed by atoms with E-state index in [1.165, 1.54) is 37.3 Å². The summed E-state index contributed by atoms with van der Waals surface area (Å²) in [5.74, 6) is 0. The fourth-order valence-electron chi connectivity index (χ4n) is 2.87. The fraction of sp³-hybridized carbons (Fsp3) is 0.571. The van der Waals surface area contributed by atoms with Gasteiger partial charge in [0.1, 0.15) is 0 Å². The Hall–Kier alpha value is -1.22. The molecule has 3 rings (SSSR count). The van der Waals surface area contributed by atoms with Gasteiger partial charge < -0.3 is 15.5 Å². The van der Waals surface area contributed by atoms with Crippen LogP contribution < -0.4 is 15.5 Å². The highest BCUT2D eigenvalue weighted by molar-refractivity contribution is 5.57.